The average Bonchev–Trinajstić information content (AvgIpc) is 2.78. The van der Waals surface area contributed by atoms with Crippen LogP contribution >= 0.6 is 0 Å². The fourth-order valence-electron chi connectivity index (χ4n) is 8.24. The largest absolute Gasteiger partial charge is 0.469 e. The van der Waals surface area contributed by atoms with Crippen molar-refractivity contribution in [1.29, 1.82) is 0 Å². The second kappa shape index (κ2) is 5.84. The maximum Gasteiger partial charge on any atom is 0.311 e. The first kappa shape index (κ1) is 19.0. The van der Waals surface area contributed by atoms with E-state index in [0.717, 1.165) is 56.9 Å². The van der Waals surface area contributed by atoms with Gasteiger partial charge < -0.3 is 9.47 Å². The lowest BCUT2D eigenvalue weighted by atomic mass is 9.41. The first-order valence-electron chi connectivity index (χ1n) is 10.6. The third-order valence-corrected chi connectivity index (χ3v) is 9.12. The lowest BCUT2D eigenvalue weighted by Crippen LogP contribution is -2.59. The maximum absolute atomic E-state index is 12.7. The highest BCUT2D eigenvalue weighted by Gasteiger charge is 2.68. The van der Waals surface area contributed by atoms with Gasteiger partial charge in [0.1, 0.15) is 5.60 Å². The number of carbonyl (C=O) groups excluding carboxylic acids is 2. The molecule has 2 bridgehead atoms. The number of methoxy groups -OCH3 is 1. The molecule has 150 valence electrons. The molecule has 6 atom stereocenters. The van der Waals surface area contributed by atoms with Gasteiger partial charge >= 0.3 is 11.9 Å². The van der Waals surface area contributed by atoms with E-state index in [1.807, 2.05) is 0 Å². The van der Waals surface area contributed by atoms with Gasteiger partial charge in [-0.05, 0) is 86.5 Å². The Morgan fingerprint density at radius 1 is 1.07 bits per heavy atom. The van der Waals surface area contributed by atoms with Gasteiger partial charge in [0.2, 0.25) is 0 Å². The first-order chi connectivity index (χ1) is 12.6. The van der Waals surface area contributed by atoms with Gasteiger partial charge in [-0.25, -0.2) is 0 Å². The van der Waals surface area contributed by atoms with E-state index >= 15 is 0 Å². The smallest absolute Gasteiger partial charge is 0.311 e. The van der Waals surface area contributed by atoms with Crippen molar-refractivity contribution >= 4 is 11.9 Å². The lowest BCUT2D eigenvalue weighted by Gasteiger charge is -2.63. The number of hydrogen-bond acceptors (Lipinski definition) is 4. The minimum absolute atomic E-state index is 0.0322. The van der Waals surface area contributed by atoms with Gasteiger partial charge in [0, 0.05) is 6.92 Å². The Labute approximate surface area is 163 Å². The molecule has 0 N–H and O–H groups in total. The summed E-state index contributed by atoms with van der Waals surface area (Å²) < 4.78 is 11.1. The average molecular weight is 375 g/mol. The molecule has 4 saturated carbocycles. The molecule has 2 unspecified atom stereocenters. The zero-order chi connectivity index (χ0) is 19.7. The summed E-state index contributed by atoms with van der Waals surface area (Å²) in [5.74, 6) is 0.714. The van der Waals surface area contributed by atoms with Gasteiger partial charge in [-0.2, -0.15) is 0 Å². The molecule has 0 aromatic carbocycles. The van der Waals surface area contributed by atoms with Gasteiger partial charge in [-0.3, -0.25) is 9.59 Å². The van der Waals surface area contributed by atoms with Crippen LogP contribution in [-0.4, -0.2) is 24.6 Å². The SMILES string of the molecule is C=C1C[C@@]23CCC4[C@@](C)(CCC[C@@]4(C)C(=O)OC)C2CC[C@]1(OC(C)=O)C3. The van der Waals surface area contributed by atoms with Crippen LogP contribution in [0, 0.1) is 28.1 Å². The standard InChI is InChI=1S/C23H34O4/c1-15-13-22-11-7-17-20(3,9-6-10-21(17,4)19(25)26-5)18(22)8-12-23(15,14-22)27-16(2)24/h17-18H,1,6-14H2,2-5H3/t17?,18?,20-,21-,22-,23+/m1/s1. The second-order valence-corrected chi connectivity index (χ2v) is 10.4. The Bertz CT molecular complexity index is 698. The van der Waals surface area contributed by atoms with Gasteiger partial charge in [0.05, 0.1) is 12.5 Å². The van der Waals surface area contributed by atoms with Crippen molar-refractivity contribution < 1.29 is 19.1 Å². The highest BCUT2D eigenvalue weighted by atomic mass is 16.6. The van der Waals surface area contributed by atoms with Crippen LogP contribution in [0.3, 0.4) is 0 Å². The van der Waals surface area contributed by atoms with Crippen molar-refractivity contribution in [3.63, 3.8) is 0 Å². The zero-order valence-electron chi connectivity index (χ0n) is 17.4. The summed E-state index contributed by atoms with van der Waals surface area (Å²) in [7, 11) is 1.53. The Hall–Kier alpha value is -1.32. The topological polar surface area (TPSA) is 52.6 Å². The fourth-order valence-corrected chi connectivity index (χ4v) is 8.24. The summed E-state index contributed by atoms with van der Waals surface area (Å²) in [6, 6.07) is 0. The summed E-state index contributed by atoms with van der Waals surface area (Å²) in [6.45, 7) is 10.4. The predicted octanol–water partition coefficient (Wildman–Crippen LogP) is 4.81. The van der Waals surface area contributed by atoms with E-state index in [1.54, 1.807) is 0 Å². The molecule has 4 aliphatic rings. The lowest BCUT2D eigenvalue weighted by molar-refractivity contribution is -0.193. The third-order valence-electron chi connectivity index (χ3n) is 9.12. The molecule has 0 amide bonds. The monoisotopic (exact) mass is 374 g/mol. The normalized spacial score (nSPS) is 48.4. The minimum Gasteiger partial charge on any atom is -0.469 e. The van der Waals surface area contributed by atoms with E-state index in [4.69, 9.17) is 9.47 Å². The van der Waals surface area contributed by atoms with Crippen LogP contribution < -0.4 is 0 Å². The van der Waals surface area contributed by atoms with E-state index in [9.17, 15) is 9.59 Å². The molecule has 0 aromatic rings. The molecular weight excluding hydrogens is 340 g/mol. The molecule has 0 saturated heterocycles. The molecule has 27 heavy (non-hydrogen) atoms. The number of fused-ring (bicyclic) bond motifs is 3. The van der Waals surface area contributed by atoms with Gasteiger partial charge in [0.15, 0.2) is 0 Å². The van der Waals surface area contributed by atoms with Crippen LogP contribution in [0.2, 0.25) is 0 Å². The minimum atomic E-state index is -0.439. The quantitative estimate of drug-likeness (QED) is 0.514. The van der Waals surface area contributed by atoms with Crippen molar-refractivity contribution in [3.05, 3.63) is 12.2 Å². The van der Waals surface area contributed by atoms with Gasteiger partial charge in [-0.1, -0.05) is 19.9 Å². The van der Waals surface area contributed by atoms with Crippen LogP contribution in [-0.2, 0) is 19.1 Å². The predicted molar refractivity (Wildman–Crippen MR) is 103 cm³/mol. The number of carbonyl (C=O) groups is 2. The molecule has 4 fully saturated rings. The highest BCUT2D eigenvalue weighted by molar-refractivity contribution is 5.77. The van der Waals surface area contributed by atoms with Gasteiger partial charge in [-0.15, -0.1) is 0 Å². The summed E-state index contributed by atoms with van der Waals surface area (Å²) in [6.07, 6.45) is 9.22. The molecule has 0 heterocycles. The number of esters is 2. The number of rotatable bonds is 2. The second-order valence-electron chi connectivity index (χ2n) is 10.4. The summed E-state index contributed by atoms with van der Waals surface area (Å²) in [4.78, 5) is 24.5. The molecule has 0 aromatic heterocycles. The maximum atomic E-state index is 12.7. The first-order valence-corrected chi connectivity index (χ1v) is 10.6. The molecule has 1 spiro atoms. The molecule has 4 nitrogen and oxygen atoms in total. The Balaban J connectivity index is 1.70. The molecule has 4 rings (SSSR count). The van der Waals surface area contributed by atoms with Crippen molar-refractivity contribution in [3.8, 4) is 0 Å². The summed E-state index contributed by atoms with van der Waals surface area (Å²) >= 11 is 0. The Morgan fingerprint density at radius 2 is 1.78 bits per heavy atom. The van der Waals surface area contributed by atoms with E-state index in [1.165, 1.54) is 20.5 Å². The van der Waals surface area contributed by atoms with Crippen molar-refractivity contribution in [2.24, 2.45) is 28.1 Å². The number of hydrogen-bond donors (Lipinski definition) is 0. The Kier molecular flexibility index (Phi) is 4.11. The molecule has 4 aliphatic carbocycles. The molecule has 4 heteroatoms. The fraction of sp³-hybridized carbons (Fsp3) is 0.826. The van der Waals surface area contributed by atoms with E-state index < -0.39 is 5.60 Å². The van der Waals surface area contributed by atoms with Crippen LogP contribution in [0.15, 0.2) is 12.2 Å². The van der Waals surface area contributed by atoms with Crippen molar-refractivity contribution in [2.45, 2.75) is 84.2 Å². The van der Waals surface area contributed by atoms with Crippen molar-refractivity contribution in [2.75, 3.05) is 7.11 Å². The molecule has 0 radical (unpaired) electrons. The van der Waals surface area contributed by atoms with E-state index in [0.29, 0.717) is 11.8 Å². The van der Waals surface area contributed by atoms with Gasteiger partial charge in [0.25, 0.3) is 0 Å². The molecule has 0 aliphatic heterocycles. The van der Waals surface area contributed by atoms with Crippen molar-refractivity contribution in [1.82, 2.24) is 0 Å². The van der Waals surface area contributed by atoms with Crippen LogP contribution in [0.5, 0.6) is 0 Å². The van der Waals surface area contributed by atoms with E-state index in [2.05, 4.69) is 20.4 Å². The summed E-state index contributed by atoms with van der Waals surface area (Å²) in [5.41, 5.74) is 0.639. The number of ether oxygens (including phenoxy) is 2. The third kappa shape index (κ3) is 2.40. The molecular formula is C23H34O4. The summed E-state index contributed by atoms with van der Waals surface area (Å²) in [5, 5.41) is 0. The Morgan fingerprint density at radius 3 is 2.44 bits per heavy atom. The zero-order valence-corrected chi connectivity index (χ0v) is 17.4. The van der Waals surface area contributed by atoms with Crippen LogP contribution in [0.1, 0.15) is 78.6 Å². The van der Waals surface area contributed by atoms with Crippen LogP contribution in [0.4, 0.5) is 0 Å². The van der Waals surface area contributed by atoms with E-state index in [-0.39, 0.29) is 28.2 Å². The highest BCUT2D eigenvalue weighted by Crippen LogP contribution is 2.73. The van der Waals surface area contributed by atoms with Crippen LogP contribution in [0.25, 0.3) is 0 Å².